The van der Waals surface area contributed by atoms with Gasteiger partial charge in [0.05, 0.1) is 19.8 Å². The van der Waals surface area contributed by atoms with Crippen molar-refractivity contribution in [2.45, 2.75) is 38.2 Å². The monoisotopic (exact) mass is 277 g/mol. The first kappa shape index (κ1) is 15.3. The molecule has 0 amide bonds. The van der Waals surface area contributed by atoms with Crippen LogP contribution in [0.15, 0.2) is 24.3 Å². The van der Waals surface area contributed by atoms with E-state index in [1.165, 1.54) is 37.7 Å². The average Bonchev–Trinajstić information content (AvgIpc) is 2.52. The highest BCUT2D eigenvalue weighted by molar-refractivity contribution is 5.30. The molecule has 0 heterocycles. The summed E-state index contributed by atoms with van der Waals surface area (Å²) in [6.45, 7) is 1.71. The summed E-state index contributed by atoms with van der Waals surface area (Å²) in [6.07, 6.45) is 6.88. The summed E-state index contributed by atoms with van der Waals surface area (Å²) in [6, 6.07) is 8.19. The molecule has 0 aromatic heterocycles. The molecule has 1 aliphatic carbocycles. The van der Waals surface area contributed by atoms with E-state index in [1.54, 1.807) is 7.11 Å². The molecule has 1 N–H and O–H groups in total. The van der Waals surface area contributed by atoms with Crippen LogP contribution < -0.4 is 10.1 Å². The first-order valence-electron chi connectivity index (χ1n) is 7.73. The first-order chi connectivity index (χ1) is 9.83. The zero-order chi connectivity index (χ0) is 14.2. The lowest BCUT2D eigenvalue weighted by molar-refractivity contribution is 0.0208. The fourth-order valence-electron chi connectivity index (χ4n) is 2.91. The minimum atomic E-state index is 0.108. The van der Waals surface area contributed by atoms with Crippen LogP contribution in [0.4, 0.5) is 0 Å². The molecule has 1 aromatic rings. The molecular formula is C17H27NO2. The van der Waals surface area contributed by atoms with Crippen LogP contribution in [0, 0.1) is 5.92 Å². The zero-order valence-electron chi connectivity index (χ0n) is 12.7. The third-order valence-corrected chi connectivity index (χ3v) is 4.11. The van der Waals surface area contributed by atoms with Crippen molar-refractivity contribution in [3.63, 3.8) is 0 Å². The standard InChI is InChI=1S/C17H27NO2/c1-18-12-17(15-9-6-10-16(11-15)19-2)20-13-14-7-4-3-5-8-14/h6,9-11,14,17-18H,3-5,7-8,12-13H2,1-2H3. The molecule has 112 valence electrons. The van der Waals surface area contributed by atoms with E-state index in [1.807, 2.05) is 19.2 Å². The number of likely N-dealkylation sites (N-methyl/N-ethyl adjacent to an activating group) is 1. The SMILES string of the molecule is CNCC(OCC1CCCCC1)c1cccc(OC)c1. The molecule has 0 saturated heterocycles. The number of ether oxygens (including phenoxy) is 2. The number of hydrogen-bond donors (Lipinski definition) is 1. The second kappa shape index (κ2) is 8.28. The van der Waals surface area contributed by atoms with Crippen molar-refractivity contribution in [1.29, 1.82) is 0 Å². The van der Waals surface area contributed by atoms with Gasteiger partial charge < -0.3 is 14.8 Å². The third-order valence-electron chi connectivity index (χ3n) is 4.11. The van der Waals surface area contributed by atoms with Crippen molar-refractivity contribution < 1.29 is 9.47 Å². The molecule has 1 saturated carbocycles. The summed E-state index contributed by atoms with van der Waals surface area (Å²) in [5.74, 6) is 1.64. The fraction of sp³-hybridized carbons (Fsp3) is 0.647. The molecule has 0 aliphatic heterocycles. The van der Waals surface area contributed by atoms with E-state index in [0.717, 1.165) is 24.8 Å². The van der Waals surface area contributed by atoms with Gasteiger partial charge in [0.1, 0.15) is 5.75 Å². The van der Waals surface area contributed by atoms with Crippen LogP contribution in [0.2, 0.25) is 0 Å². The Morgan fingerprint density at radius 2 is 2.05 bits per heavy atom. The van der Waals surface area contributed by atoms with Gasteiger partial charge in [-0.25, -0.2) is 0 Å². The van der Waals surface area contributed by atoms with Crippen LogP contribution in [0.25, 0.3) is 0 Å². The van der Waals surface area contributed by atoms with Gasteiger partial charge in [0.2, 0.25) is 0 Å². The Bertz CT molecular complexity index is 388. The molecule has 0 radical (unpaired) electrons. The number of nitrogens with one attached hydrogen (secondary N) is 1. The topological polar surface area (TPSA) is 30.5 Å². The Morgan fingerprint density at radius 3 is 2.75 bits per heavy atom. The van der Waals surface area contributed by atoms with Gasteiger partial charge in [-0.05, 0) is 43.5 Å². The largest absolute Gasteiger partial charge is 0.497 e. The minimum Gasteiger partial charge on any atom is -0.497 e. The number of benzene rings is 1. The van der Waals surface area contributed by atoms with Gasteiger partial charge >= 0.3 is 0 Å². The third kappa shape index (κ3) is 4.50. The second-order valence-corrected chi connectivity index (χ2v) is 5.66. The molecule has 20 heavy (non-hydrogen) atoms. The van der Waals surface area contributed by atoms with Crippen molar-refractivity contribution in [3.8, 4) is 5.75 Å². The van der Waals surface area contributed by atoms with Gasteiger partial charge in [0.25, 0.3) is 0 Å². The van der Waals surface area contributed by atoms with Gasteiger partial charge in [0, 0.05) is 6.54 Å². The maximum absolute atomic E-state index is 6.19. The lowest BCUT2D eigenvalue weighted by Crippen LogP contribution is -2.23. The summed E-state index contributed by atoms with van der Waals surface area (Å²) < 4.78 is 11.5. The first-order valence-corrected chi connectivity index (χ1v) is 7.73. The summed E-state index contributed by atoms with van der Waals surface area (Å²) in [7, 11) is 3.67. The van der Waals surface area contributed by atoms with Crippen LogP contribution in [-0.2, 0) is 4.74 Å². The van der Waals surface area contributed by atoms with Crippen LogP contribution in [0.5, 0.6) is 5.75 Å². The summed E-state index contributed by atoms with van der Waals surface area (Å²) >= 11 is 0. The van der Waals surface area contributed by atoms with E-state index in [4.69, 9.17) is 9.47 Å². The van der Waals surface area contributed by atoms with Crippen LogP contribution in [0.1, 0.15) is 43.8 Å². The lowest BCUT2D eigenvalue weighted by atomic mass is 9.90. The number of rotatable bonds is 7. The van der Waals surface area contributed by atoms with E-state index < -0.39 is 0 Å². The van der Waals surface area contributed by atoms with E-state index in [0.29, 0.717) is 0 Å². The maximum Gasteiger partial charge on any atom is 0.119 e. The molecule has 1 atom stereocenters. The molecular weight excluding hydrogens is 250 g/mol. The highest BCUT2D eigenvalue weighted by atomic mass is 16.5. The molecule has 3 nitrogen and oxygen atoms in total. The van der Waals surface area contributed by atoms with Crippen LogP contribution >= 0.6 is 0 Å². The Morgan fingerprint density at radius 1 is 1.25 bits per heavy atom. The Kier molecular flexibility index (Phi) is 6.34. The van der Waals surface area contributed by atoms with Crippen molar-refractivity contribution in [1.82, 2.24) is 5.32 Å². The molecule has 1 aliphatic rings. The Labute approximate surface area is 122 Å². The van der Waals surface area contributed by atoms with Gasteiger partial charge in [-0.15, -0.1) is 0 Å². The van der Waals surface area contributed by atoms with E-state index >= 15 is 0 Å². The van der Waals surface area contributed by atoms with E-state index in [2.05, 4.69) is 17.4 Å². The van der Waals surface area contributed by atoms with Crippen LogP contribution in [-0.4, -0.2) is 27.3 Å². The predicted octanol–water partition coefficient (Wildman–Crippen LogP) is 3.55. The van der Waals surface area contributed by atoms with Gasteiger partial charge in [-0.3, -0.25) is 0 Å². The smallest absolute Gasteiger partial charge is 0.119 e. The molecule has 1 aromatic carbocycles. The second-order valence-electron chi connectivity index (χ2n) is 5.66. The molecule has 3 heteroatoms. The summed E-state index contributed by atoms with van der Waals surface area (Å²) in [5.41, 5.74) is 1.19. The van der Waals surface area contributed by atoms with Crippen LogP contribution in [0.3, 0.4) is 0 Å². The highest BCUT2D eigenvalue weighted by Crippen LogP contribution is 2.27. The van der Waals surface area contributed by atoms with E-state index in [-0.39, 0.29) is 6.10 Å². The molecule has 2 rings (SSSR count). The van der Waals surface area contributed by atoms with Crippen molar-refractivity contribution in [2.75, 3.05) is 27.3 Å². The number of methoxy groups -OCH3 is 1. The minimum absolute atomic E-state index is 0.108. The Hall–Kier alpha value is -1.06. The summed E-state index contributed by atoms with van der Waals surface area (Å²) in [4.78, 5) is 0. The lowest BCUT2D eigenvalue weighted by Gasteiger charge is -2.25. The Balaban J connectivity index is 1.94. The maximum atomic E-state index is 6.19. The van der Waals surface area contributed by atoms with Gasteiger partial charge in [-0.2, -0.15) is 0 Å². The highest BCUT2D eigenvalue weighted by Gasteiger charge is 2.17. The van der Waals surface area contributed by atoms with Crippen molar-refractivity contribution in [2.24, 2.45) is 5.92 Å². The molecule has 0 spiro atoms. The van der Waals surface area contributed by atoms with Crippen molar-refractivity contribution >= 4 is 0 Å². The average molecular weight is 277 g/mol. The molecule has 1 fully saturated rings. The van der Waals surface area contributed by atoms with E-state index in [9.17, 15) is 0 Å². The van der Waals surface area contributed by atoms with Gasteiger partial charge in [0.15, 0.2) is 0 Å². The molecule has 0 bridgehead atoms. The normalized spacial score (nSPS) is 17.9. The number of hydrogen-bond acceptors (Lipinski definition) is 3. The fourth-order valence-corrected chi connectivity index (χ4v) is 2.91. The van der Waals surface area contributed by atoms with Crippen molar-refractivity contribution in [3.05, 3.63) is 29.8 Å². The summed E-state index contributed by atoms with van der Waals surface area (Å²) in [5, 5.41) is 3.23. The zero-order valence-corrected chi connectivity index (χ0v) is 12.7. The van der Waals surface area contributed by atoms with Gasteiger partial charge in [-0.1, -0.05) is 31.4 Å². The quantitative estimate of drug-likeness (QED) is 0.826. The molecule has 1 unspecified atom stereocenters. The predicted molar refractivity (Wildman–Crippen MR) is 82.2 cm³/mol.